The van der Waals surface area contributed by atoms with Crippen LogP contribution in [0.15, 0.2) is 53.6 Å². The number of carbonyl (C=O) groups is 2. The quantitative estimate of drug-likeness (QED) is 0.217. The van der Waals surface area contributed by atoms with E-state index in [4.69, 9.17) is 4.74 Å². The normalized spacial score (nSPS) is 11.1. The van der Waals surface area contributed by atoms with Crippen molar-refractivity contribution in [3.8, 4) is 5.75 Å². The topological polar surface area (TPSA) is 148 Å². The predicted molar refractivity (Wildman–Crippen MR) is 109 cm³/mol. The van der Waals surface area contributed by atoms with Gasteiger partial charge in [0, 0.05) is 19.1 Å². The molecule has 0 aromatic heterocycles. The minimum atomic E-state index is -3.89. The van der Waals surface area contributed by atoms with Crippen LogP contribution in [-0.2, 0) is 19.6 Å². The van der Waals surface area contributed by atoms with Crippen LogP contribution in [0.25, 0.3) is 0 Å². The fraction of sp³-hybridized carbons (Fsp3) is 0.167. The van der Waals surface area contributed by atoms with Crippen molar-refractivity contribution in [2.75, 3.05) is 17.1 Å². The Morgan fingerprint density at radius 2 is 1.90 bits per heavy atom. The molecule has 2 aromatic carbocycles. The number of hydrazone groups is 1. The summed E-state index contributed by atoms with van der Waals surface area (Å²) >= 11 is 0. The van der Waals surface area contributed by atoms with Crippen LogP contribution < -0.4 is 14.5 Å². The van der Waals surface area contributed by atoms with E-state index in [0.717, 1.165) is 16.6 Å². The van der Waals surface area contributed by atoms with Crippen LogP contribution in [0.1, 0.15) is 12.5 Å². The number of ether oxygens (including phenoxy) is 1. The molecule has 158 valence electrons. The van der Waals surface area contributed by atoms with Crippen molar-refractivity contribution in [1.29, 1.82) is 0 Å². The molecule has 0 atom stereocenters. The van der Waals surface area contributed by atoms with Gasteiger partial charge in [-0.05, 0) is 35.9 Å². The third-order valence-electron chi connectivity index (χ3n) is 3.56. The van der Waals surface area contributed by atoms with Gasteiger partial charge in [0.25, 0.3) is 11.6 Å². The summed E-state index contributed by atoms with van der Waals surface area (Å²) in [5.74, 6) is -0.855. The van der Waals surface area contributed by atoms with Crippen molar-refractivity contribution >= 4 is 39.5 Å². The Morgan fingerprint density at radius 1 is 1.23 bits per heavy atom. The van der Waals surface area contributed by atoms with Gasteiger partial charge < -0.3 is 4.74 Å². The third-order valence-corrected chi connectivity index (χ3v) is 4.70. The van der Waals surface area contributed by atoms with Crippen molar-refractivity contribution in [3.63, 3.8) is 0 Å². The number of carbonyl (C=O) groups excluding carboxylic acids is 2. The molecule has 0 saturated heterocycles. The number of benzene rings is 2. The van der Waals surface area contributed by atoms with Gasteiger partial charge in [-0.25, -0.2) is 13.8 Å². The first kappa shape index (κ1) is 22.5. The van der Waals surface area contributed by atoms with Gasteiger partial charge in [-0.1, -0.05) is 6.07 Å². The first-order valence-electron chi connectivity index (χ1n) is 8.39. The lowest BCUT2D eigenvalue weighted by molar-refractivity contribution is -0.384. The Kier molecular flexibility index (Phi) is 7.20. The van der Waals surface area contributed by atoms with Gasteiger partial charge in [0.1, 0.15) is 12.3 Å². The Hall–Kier alpha value is -3.80. The zero-order valence-electron chi connectivity index (χ0n) is 16.0. The van der Waals surface area contributed by atoms with Crippen molar-refractivity contribution < 1.29 is 27.7 Å². The van der Waals surface area contributed by atoms with E-state index < -0.39 is 33.4 Å². The highest BCUT2D eigenvalue weighted by atomic mass is 32.2. The molecule has 0 aliphatic carbocycles. The zero-order chi connectivity index (χ0) is 22.3. The van der Waals surface area contributed by atoms with Gasteiger partial charge in [0.15, 0.2) is 0 Å². The van der Waals surface area contributed by atoms with E-state index >= 15 is 0 Å². The zero-order valence-corrected chi connectivity index (χ0v) is 16.8. The SMILES string of the molecule is CC(=O)Oc1ccc(/C=N\NC(=O)CN(c2cccc([N+](=O)[O-])c2)S(C)(=O)=O)cc1. The largest absolute Gasteiger partial charge is 0.427 e. The molecule has 0 aliphatic rings. The monoisotopic (exact) mass is 434 g/mol. The van der Waals surface area contributed by atoms with Crippen LogP contribution >= 0.6 is 0 Å². The number of nitro benzene ring substituents is 1. The van der Waals surface area contributed by atoms with E-state index in [9.17, 15) is 28.1 Å². The molecule has 11 nitrogen and oxygen atoms in total. The number of non-ortho nitro benzene ring substituents is 1. The maximum absolute atomic E-state index is 12.1. The highest BCUT2D eigenvalue weighted by Gasteiger charge is 2.22. The number of nitrogens with one attached hydrogen (secondary N) is 1. The number of rotatable bonds is 8. The molecule has 0 saturated carbocycles. The van der Waals surface area contributed by atoms with E-state index in [0.29, 0.717) is 11.3 Å². The van der Waals surface area contributed by atoms with Crippen LogP contribution in [-0.4, -0.2) is 44.2 Å². The summed E-state index contributed by atoms with van der Waals surface area (Å²) < 4.78 is 29.7. The van der Waals surface area contributed by atoms with Crippen LogP contribution in [0.3, 0.4) is 0 Å². The molecule has 1 N–H and O–H groups in total. The van der Waals surface area contributed by atoms with Crippen molar-refractivity contribution in [1.82, 2.24) is 5.43 Å². The maximum Gasteiger partial charge on any atom is 0.308 e. The number of anilines is 1. The van der Waals surface area contributed by atoms with E-state index in [1.54, 1.807) is 12.1 Å². The summed E-state index contributed by atoms with van der Waals surface area (Å²) in [7, 11) is -3.89. The first-order valence-corrected chi connectivity index (χ1v) is 10.2. The lowest BCUT2D eigenvalue weighted by atomic mass is 10.2. The molecule has 30 heavy (non-hydrogen) atoms. The molecule has 2 aromatic rings. The number of sulfonamides is 1. The number of esters is 1. The molecule has 0 bridgehead atoms. The molecule has 0 fully saturated rings. The number of nitrogens with zero attached hydrogens (tertiary/aromatic N) is 3. The number of hydrogen-bond donors (Lipinski definition) is 1. The molecular weight excluding hydrogens is 416 g/mol. The number of nitro groups is 1. The molecular formula is C18H18N4O7S. The molecule has 2 rings (SSSR count). The first-order chi connectivity index (χ1) is 14.1. The van der Waals surface area contributed by atoms with Gasteiger partial charge in [-0.15, -0.1) is 0 Å². The van der Waals surface area contributed by atoms with Crippen molar-refractivity contribution in [3.05, 3.63) is 64.2 Å². The summed E-state index contributed by atoms with van der Waals surface area (Å²) in [6.07, 6.45) is 2.20. The summed E-state index contributed by atoms with van der Waals surface area (Å²) in [5, 5.41) is 14.7. The van der Waals surface area contributed by atoms with Crippen molar-refractivity contribution in [2.45, 2.75) is 6.92 Å². The highest BCUT2D eigenvalue weighted by Crippen LogP contribution is 2.22. The van der Waals surface area contributed by atoms with E-state index in [-0.39, 0.29) is 11.4 Å². The number of amides is 1. The Bertz CT molecular complexity index is 1080. The Balaban J connectivity index is 2.06. The fourth-order valence-electron chi connectivity index (χ4n) is 2.29. The third kappa shape index (κ3) is 6.67. The molecule has 0 aliphatic heterocycles. The van der Waals surface area contributed by atoms with Crippen LogP contribution in [0, 0.1) is 10.1 Å². The minimum absolute atomic E-state index is 0.0214. The van der Waals surface area contributed by atoms with Gasteiger partial charge in [-0.2, -0.15) is 5.10 Å². The summed E-state index contributed by atoms with van der Waals surface area (Å²) in [6.45, 7) is 0.654. The van der Waals surface area contributed by atoms with Crippen LogP contribution in [0.2, 0.25) is 0 Å². The van der Waals surface area contributed by atoms with E-state index in [2.05, 4.69) is 10.5 Å². The Morgan fingerprint density at radius 3 is 2.47 bits per heavy atom. The van der Waals surface area contributed by atoms with Gasteiger partial charge in [0.2, 0.25) is 10.0 Å². The summed E-state index contributed by atoms with van der Waals surface area (Å²) in [4.78, 5) is 33.3. The lowest BCUT2D eigenvalue weighted by Crippen LogP contribution is -2.39. The van der Waals surface area contributed by atoms with Crippen molar-refractivity contribution in [2.24, 2.45) is 5.10 Å². The minimum Gasteiger partial charge on any atom is -0.427 e. The molecule has 12 heteroatoms. The lowest BCUT2D eigenvalue weighted by Gasteiger charge is -2.21. The average Bonchev–Trinajstić information content (AvgIpc) is 2.66. The van der Waals surface area contributed by atoms with E-state index in [1.165, 1.54) is 43.5 Å². The molecule has 0 radical (unpaired) electrons. The second-order valence-electron chi connectivity index (χ2n) is 6.00. The maximum atomic E-state index is 12.1. The molecule has 1 amide bonds. The van der Waals surface area contributed by atoms with Gasteiger partial charge in [-0.3, -0.25) is 24.0 Å². The smallest absolute Gasteiger partial charge is 0.308 e. The second-order valence-corrected chi connectivity index (χ2v) is 7.91. The second kappa shape index (κ2) is 9.60. The van der Waals surface area contributed by atoms with Crippen LogP contribution in [0.4, 0.5) is 11.4 Å². The molecule has 0 unspecified atom stereocenters. The average molecular weight is 434 g/mol. The standard InChI is InChI=1S/C18H18N4O7S/c1-13(23)29-17-8-6-14(7-9-17)11-19-20-18(24)12-21(30(2,27)28)15-4-3-5-16(10-15)22(25)26/h3-11H,12H2,1-2H3,(H,20,24)/b19-11-. The Labute approximate surface area is 172 Å². The van der Waals surface area contributed by atoms with Crippen LogP contribution in [0.5, 0.6) is 5.75 Å². The molecule has 0 spiro atoms. The fourth-order valence-corrected chi connectivity index (χ4v) is 3.14. The number of hydrogen-bond acceptors (Lipinski definition) is 8. The summed E-state index contributed by atoms with van der Waals surface area (Å²) in [6, 6.07) is 11.2. The molecule has 0 heterocycles. The van der Waals surface area contributed by atoms with Gasteiger partial charge in [0.05, 0.1) is 23.1 Å². The van der Waals surface area contributed by atoms with E-state index in [1.807, 2.05) is 0 Å². The highest BCUT2D eigenvalue weighted by molar-refractivity contribution is 7.92. The predicted octanol–water partition coefficient (Wildman–Crippen LogP) is 1.44. The summed E-state index contributed by atoms with van der Waals surface area (Å²) in [5.41, 5.74) is 2.45. The van der Waals surface area contributed by atoms with Gasteiger partial charge >= 0.3 is 5.97 Å².